The van der Waals surface area contributed by atoms with Crippen LogP contribution in [0, 0.1) is 29.9 Å². The van der Waals surface area contributed by atoms with Crippen LogP contribution in [0.5, 0.6) is 0 Å². The lowest BCUT2D eigenvalue weighted by Gasteiger charge is -2.17. The van der Waals surface area contributed by atoms with Gasteiger partial charge in [-0.25, -0.2) is 0 Å². The number of hydrogen-bond donors (Lipinski definition) is 1. The highest BCUT2D eigenvalue weighted by molar-refractivity contribution is 6.31. The summed E-state index contributed by atoms with van der Waals surface area (Å²) in [5.41, 5.74) is 2.01. The standard InChI is InChI=1S/C21H20ClN3O6/c1-12-3-5-15(22)8-17(12)23-19(26)11-31-21(28)14-7-20(27)24(10-14)16-6-4-13(2)18(9-16)25(29)30/h3-6,8-9,14H,7,10-11H2,1-2H3,(H,23,26)/t14-/m0/s1. The predicted octanol–water partition coefficient (Wildman–Crippen LogP) is 3.40. The number of rotatable bonds is 6. The molecule has 31 heavy (non-hydrogen) atoms. The summed E-state index contributed by atoms with van der Waals surface area (Å²) in [6.45, 7) is 2.91. The van der Waals surface area contributed by atoms with E-state index < -0.39 is 29.3 Å². The lowest BCUT2D eigenvalue weighted by molar-refractivity contribution is -0.385. The Morgan fingerprint density at radius 1 is 1.23 bits per heavy atom. The molecule has 1 atom stereocenters. The number of nitrogens with one attached hydrogen (secondary N) is 1. The van der Waals surface area contributed by atoms with Gasteiger partial charge in [0.05, 0.1) is 16.5 Å². The summed E-state index contributed by atoms with van der Waals surface area (Å²) in [6, 6.07) is 9.48. The fourth-order valence-corrected chi connectivity index (χ4v) is 3.42. The van der Waals surface area contributed by atoms with Gasteiger partial charge in [0.2, 0.25) is 5.91 Å². The molecular formula is C21H20ClN3O6. The summed E-state index contributed by atoms with van der Waals surface area (Å²) in [4.78, 5) is 48.8. The Balaban J connectivity index is 1.59. The Hall–Kier alpha value is -3.46. The second-order valence-corrected chi connectivity index (χ2v) is 7.68. The second-order valence-electron chi connectivity index (χ2n) is 7.25. The fraction of sp³-hybridized carbons (Fsp3) is 0.286. The quantitative estimate of drug-likeness (QED) is 0.413. The van der Waals surface area contributed by atoms with E-state index in [0.717, 1.165) is 5.56 Å². The van der Waals surface area contributed by atoms with E-state index in [1.807, 2.05) is 0 Å². The van der Waals surface area contributed by atoms with Crippen molar-refractivity contribution < 1.29 is 24.0 Å². The van der Waals surface area contributed by atoms with Crippen LogP contribution in [-0.4, -0.2) is 35.9 Å². The van der Waals surface area contributed by atoms with E-state index in [1.165, 1.54) is 11.0 Å². The van der Waals surface area contributed by atoms with Crippen molar-refractivity contribution in [3.63, 3.8) is 0 Å². The van der Waals surface area contributed by atoms with Crippen LogP contribution in [-0.2, 0) is 19.1 Å². The molecule has 0 aromatic heterocycles. The SMILES string of the molecule is Cc1ccc(Cl)cc1NC(=O)COC(=O)[C@H]1CC(=O)N(c2ccc(C)c([N+](=O)[O-])c2)C1. The average molecular weight is 446 g/mol. The molecule has 1 fully saturated rings. The van der Waals surface area contributed by atoms with Crippen LogP contribution in [0.4, 0.5) is 17.1 Å². The molecule has 3 rings (SSSR count). The number of nitro groups is 1. The molecule has 1 aliphatic rings. The molecule has 2 aromatic rings. The molecule has 2 amide bonds. The Kier molecular flexibility index (Phi) is 6.55. The van der Waals surface area contributed by atoms with E-state index in [-0.39, 0.29) is 24.6 Å². The number of anilines is 2. The number of nitrogens with zero attached hydrogens (tertiary/aromatic N) is 2. The highest BCUT2D eigenvalue weighted by Gasteiger charge is 2.37. The Morgan fingerprint density at radius 3 is 2.65 bits per heavy atom. The van der Waals surface area contributed by atoms with Gasteiger partial charge in [-0.05, 0) is 37.6 Å². The van der Waals surface area contributed by atoms with Gasteiger partial charge in [0, 0.05) is 35.3 Å². The zero-order valence-corrected chi connectivity index (χ0v) is 17.6. The average Bonchev–Trinajstić information content (AvgIpc) is 3.11. The van der Waals surface area contributed by atoms with Crippen LogP contribution in [0.2, 0.25) is 5.02 Å². The predicted molar refractivity (Wildman–Crippen MR) is 114 cm³/mol. The van der Waals surface area contributed by atoms with Crippen molar-refractivity contribution in [3.05, 3.63) is 62.7 Å². The smallest absolute Gasteiger partial charge is 0.311 e. The topological polar surface area (TPSA) is 119 Å². The maximum atomic E-state index is 12.4. The van der Waals surface area contributed by atoms with Crippen molar-refractivity contribution in [2.75, 3.05) is 23.4 Å². The van der Waals surface area contributed by atoms with Crippen molar-refractivity contribution in [1.29, 1.82) is 0 Å². The van der Waals surface area contributed by atoms with Gasteiger partial charge in [-0.3, -0.25) is 24.5 Å². The molecule has 1 saturated heterocycles. The number of nitro benzene ring substituents is 1. The van der Waals surface area contributed by atoms with Crippen molar-refractivity contribution >= 4 is 46.4 Å². The van der Waals surface area contributed by atoms with Gasteiger partial charge in [0.15, 0.2) is 6.61 Å². The minimum atomic E-state index is -0.770. The molecule has 0 spiro atoms. The van der Waals surface area contributed by atoms with Crippen molar-refractivity contribution in [3.8, 4) is 0 Å². The van der Waals surface area contributed by atoms with E-state index >= 15 is 0 Å². The molecule has 0 radical (unpaired) electrons. The first-order valence-electron chi connectivity index (χ1n) is 9.43. The highest BCUT2D eigenvalue weighted by atomic mass is 35.5. The van der Waals surface area contributed by atoms with Crippen LogP contribution >= 0.6 is 11.6 Å². The maximum absolute atomic E-state index is 12.4. The van der Waals surface area contributed by atoms with Gasteiger partial charge >= 0.3 is 5.97 Å². The number of aryl methyl sites for hydroxylation is 2. The van der Waals surface area contributed by atoms with Gasteiger partial charge in [-0.1, -0.05) is 23.7 Å². The van der Waals surface area contributed by atoms with Crippen LogP contribution in [0.1, 0.15) is 17.5 Å². The molecular weight excluding hydrogens is 426 g/mol. The van der Waals surface area contributed by atoms with Crippen LogP contribution in [0.15, 0.2) is 36.4 Å². The van der Waals surface area contributed by atoms with E-state index in [2.05, 4.69) is 5.32 Å². The van der Waals surface area contributed by atoms with Gasteiger partial charge < -0.3 is 15.0 Å². The molecule has 0 bridgehead atoms. The molecule has 1 aliphatic heterocycles. The molecule has 1 heterocycles. The third-order valence-corrected chi connectivity index (χ3v) is 5.21. The second kappa shape index (κ2) is 9.13. The first kappa shape index (κ1) is 22.2. The Labute approximate surface area is 183 Å². The number of carbonyl (C=O) groups excluding carboxylic acids is 3. The van der Waals surface area contributed by atoms with Crippen molar-refractivity contribution in [2.24, 2.45) is 5.92 Å². The first-order chi connectivity index (χ1) is 14.7. The molecule has 1 N–H and O–H groups in total. The molecule has 0 saturated carbocycles. The molecule has 10 heteroatoms. The third-order valence-electron chi connectivity index (χ3n) is 4.98. The third kappa shape index (κ3) is 5.18. The Bertz CT molecular complexity index is 1070. The van der Waals surface area contributed by atoms with Crippen molar-refractivity contribution in [2.45, 2.75) is 20.3 Å². The fourth-order valence-electron chi connectivity index (χ4n) is 3.25. The summed E-state index contributed by atoms with van der Waals surface area (Å²) in [7, 11) is 0. The van der Waals surface area contributed by atoms with Gasteiger partial charge in [-0.2, -0.15) is 0 Å². The zero-order valence-electron chi connectivity index (χ0n) is 16.9. The normalized spacial score (nSPS) is 15.6. The van der Waals surface area contributed by atoms with Crippen LogP contribution in [0.25, 0.3) is 0 Å². The summed E-state index contributed by atoms with van der Waals surface area (Å²) in [6.07, 6.45) is -0.102. The minimum absolute atomic E-state index is 0.0207. The van der Waals surface area contributed by atoms with Gasteiger partial charge in [0.25, 0.3) is 11.6 Å². The van der Waals surface area contributed by atoms with E-state index in [1.54, 1.807) is 44.2 Å². The largest absolute Gasteiger partial charge is 0.455 e. The number of ether oxygens (including phenoxy) is 1. The summed E-state index contributed by atoms with van der Waals surface area (Å²) in [5.74, 6) is -2.34. The lowest BCUT2D eigenvalue weighted by Crippen LogP contribution is -2.28. The summed E-state index contributed by atoms with van der Waals surface area (Å²) < 4.78 is 5.07. The number of amides is 2. The van der Waals surface area contributed by atoms with Crippen molar-refractivity contribution in [1.82, 2.24) is 0 Å². The number of halogens is 1. The number of benzene rings is 2. The lowest BCUT2D eigenvalue weighted by atomic mass is 10.1. The molecule has 0 unspecified atom stereocenters. The molecule has 2 aromatic carbocycles. The summed E-state index contributed by atoms with van der Waals surface area (Å²) in [5, 5.41) is 14.2. The minimum Gasteiger partial charge on any atom is -0.455 e. The first-order valence-corrected chi connectivity index (χ1v) is 9.81. The van der Waals surface area contributed by atoms with E-state index in [4.69, 9.17) is 16.3 Å². The number of carbonyl (C=O) groups is 3. The highest BCUT2D eigenvalue weighted by Crippen LogP contribution is 2.30. The monoisotopic (exact) mass is 445 g/mol. The van der Waals surface area contributed by atoms with Crippen LogP contribution < -0.4 is 10.2 Å². The van der Waals surface area contributed by atoms with E-state index in [9.17, 15) is 24.5 Å². The number of hydrogen-bond acceptors (Lipinski definition) is 6. The molecule has 0 aliphatic carbocycles. The molecule has 9 nitrogen and oxygen atoms in total. The zero-order chi connectivity index (χ0) is 22.7. The van der Waals surface area contributed by atoms with E-state index in [0.29, 0.717) is 22.0 Å². The van der Waals surface area contributed by atoms with Gasteiger partial charge in [0.1, 0.15) is 0 Å². The Morgan fingerprint density at radius 2 is 1.94 bits per heavy atom. The summed E-state index contributed by atoms with van der Waals surface area (Å²) >= 11 is 5.92. The van der Waals surface area contributed by atoms with Crippen LogP contribution in [0.3, 0.4) is 0 Å². The van der Waals surface area contributed by atoms with Gasteiger partial charge in [-0.15, -0.1) is 0 Å². The molecule has 162 valence electrons. The maximum Gasteiger partial charge on any atom is 0.311 e. The number of esters is 1.